The summed E-state index contributed by atoms with van der Waals surface area (Å²) in [5, 5.41) is 2.72. The van der Waals surface area contributed by atoms with E-state index in [2.05, 4.69) is 50.2 Å². The molecule has 2 rings (SSSR count). The zero-order valence-electron chi connectivity index (χ0n) is 9.18. The van der Waals surface area contributed by atoms with Crippen molar-refractivity contribution in [3.63, 3.8) is 0 Å². The van der Waals surface area contributed by atoms with Crippen LogP contribution in [0, 0.1) is 0 Å². The number of fused-ring (bicyclic) bond motifs is 1. The minimum absolute atomic E-state index is 0. The van der Waals surface area contributed by atoms with E-state index in [4.69, 9.17) is 0 Å². The second-order valence-corrected chi connectivity index (χ2v) is 3.57. The van der Waals surface area contributed by atoms with Crippen molar-refractivity contribution < 1.29 is 58.9 Å². The summed E-state index contributed by atoms with van der Waals surface area (Å²) < 4.78 is 0. The van der Waals surface area contributed by atoms with Crippen LogP contribution in [-0.2, 0) is 21.7 Å². The molecule has 86 valence electrons. The zero-order valence-corrected chi connectivity index (χ0v) is 13.0. The predicted octanol–water partition coefficient (Wildman–Crippen LogP) is -5.31. The minimum Gasteiger partial charge on any atom is -1.00 e. The summed E-state index contributed by atoms with van der Waals surface area (Å²) in [5.74, 6) is 0.636. The average molecular weight is 311 g/mol. The van der Waals surface area contributed by atoms with Crippen LogP contribution in [0.15, 0.2) is 36.4 Å². The van der Waals surface area contributed by atoms with Crippen LogP contribution < -0.4 is 37.2 Å². The molecule has 0 saturated carbocycles. The molecule has 0 radical (unpaired) electrons. The van der Waals surface area contributed by atoms with Crippen LogP contribution in [0.25, 0.3) is 10.8 Å². The largest absolute Gasteiger partial charge is 4.00 e. The standard InChI is InChI=1S/C12H13.3ClH.Ti/c1-9(2)12-7-10-5-3-4-6-11(10)8-12;;;;/h3-9H,1-2H3;3*1H;/q-1;;;;+4/p-3. The van der Waals surface area contributed by atoms with Gasteiger partial charge in [-0.1, -0.05) is 19.9 Å². The molecule has 0 spiro atoms. The Morgan fingerprint density at radius 3 is 2.06 bits per heavy atom. The van der Waals surface area contributed by atoms with Crippen LogP contribution in [0.4, 0.5) is 0 Å². The fourth-order valence-corrected chi connectivity index (χ4v) is 1.51. The third kappa shape index (κ3) is 4.73. The molecule has 0 aliphatic heterocycles. The summed E-state index contributed by atoms with van der Waals surface area (Å²) in [4.78, 5) is 0. The van der Waals surface area contributed by atoms with Crippen LogP contribution >= 0.6 is 0 Å². The summed E-state index contributed by atoms with van der Waals surface area (Å²) in [6.45, 7) is 4.46. The molecule has 0 aliphatic rings. The van der Waals surface area contributed by atoms with Gasteiger partial charge >= 0.3 is 21.7 Å². The number of halogens is 3. The van der Waals surface area contributed by atoms with Crippen LogP contribution in [0.5, 0.6) is 0 Å². The van der Waals surface area contributed by atoms with Crippen LogP contribution in [0.3, 0.4) is 0 Å². The van der Waals surface area contributed by atoms with E-state index in [1.54, 1.807) is 0 Å². The van der Waals surface area contributed by atoms with Crippen molar-refractivity contribution in [3.8, 4) is 0 Å². The van der Waals surface area contributed by atoms with Gasteiger partial charge in [0.05, 0.1) is 0 Å². The van der Waals surface area contributed by atoms with E-state index in [0.717, 1.165) is 0 Å². The van der Waals surface area contributed by atoms with Crippen molar-refractivity contribution in [3.05, 3.63) is 42.0 Å². The van der Waals surface area contributed by atoms with Crippen LogP contribution in [0.1, 0.15) is 25.3 Å². The molecule has 0 saturated heterocycles. The van der Waals surface area contributed by atoms with E-state index in [1.165, 1.54) is 16.3 Å². The Labute approximate surface area is 131 Å². The van der Waals surface area contributed by atoms with Gasteiger partial charge in [0.1, 0.15) is 0 Å². The summed E-state index contributed by atoms with van der Waals surface area (Å²) >= 11 is 0. The van der Waals surface area contributed by atoms with E-state index in [9.17, 15) is 0 Å². The molecule has 0 aliphatic carbocycles. The maximum Gasteiger partial charge on any atom is 4.00 e. The second-order valence-electron chi connectivity index (χ2n) is 3.57. The minimum atomic E-state index is 0. The Hall–Kier alpha value is 0.414. The van der Waals surface area contributed by atoms with E-state index >= 15 is 0 Å². The van der Waals surface area contributed by atoms with Gasteiger partial charge in [-0.25, -0.2) is 0 Å². The van der Waals surface area contributed by atoms with Gasteiger partial charge in [0.15, 0.2) is 0 Å². The summed E-state index contributed by atoms with van der Waals surface area (Å²) in [6, 6.07) is 13.1. The van der Waals surface area contributed by atoms with Crippen molar-refractivity contribution in [2.75, 3.05) is 0 Å². The van der Waals surface area contributed by atoms with E-state index in [-0.39, 0.29) is 58.9 Å². The monoisotopic (exact) mass is 310 g/mol. The molecule has 2 aromatic carbocycles. The SMILES string of the molecule is CC(C)c1cc2ccccc2[cH-]1.[Cl-].[Cl-].[Cl-].[Ti+4]. The topological polar surface area (TPSA) is 0 Å². The van der Waals surface area contributed by atoms with Crippen molar-refractivity contribution in [2.45, 2.75) is 19.8 Å². The van der Waals surface area contributed by atoms with Gasteiger partial charge in [0, 0.05) is 0 Å². The molecule has 4 heteroatoms. The molecule has 0 nitrogen and oxygen atoms in total. The van der Waals surface area contributed by atoms with Crippen LogP contribution in [-0.4, -0.2) is 0 Å². The molecule has 0 bridgehead atoms. The molecule has 0 atom stereocenters. The van der Waals surface area contributed by atoms with Gasteiger partial charge in [-0.3, -0.25) is 0 Å². The van der Waals surface area contributed by atoms with Crippen LogP contribution in [0.2, 0.25) is 0 Å². The first kappa shape index (κ1) is 21.7. The van der Waals surface area contributed by atoms with Gasteiger partial charge in [-0.15, -0.1) is 40.6 Å². The van der Waals surface area contributed by atoms with E-state index in [0.29, 0.717) is 5.92 Å². The maximum absolute atomic E-state index is 2.28. The second kappa shape index (κ2) is 9.44. The number of rotatable bonds is 1. The Morgan fingerprint density at radius 2 is 1.56 bits per heavy atom. The van der Waals surface area contributed by atoms with Gasteiger partial charge < -0.3 is 37.2 Å². The fourth-order valence-electron chi connectivity index (χ4n) is 1.51. The molecular weight excluding hydrogens is 298 g/mol. The third-order valence-corrected chi connectivity index (χ3v) is 2.31. The average Bonchev–Trinajstić information content (AvgIpc) is 2.46. The Morgan fingerprint density at radius 1 is 1.00 bits per heavy atom. The van der Waals surface area contributed by atoms with E-state index in [1.807, 2.05) is 0 Å². The van der Waals surface area contributed by atoms with Gasteiger partial charge in [-0.05, 0) is 5.92 Å². The summed E-state index contributed by atoms with van der Waals surface area (Å²) in [5.41, 5.74) is 1.44. The maximum atomic E-state index is 2.28. The molecule has 16 heavy (non-hydrogen) atoms. The van der Waals surface area contributed by atoms with Gasteiger partial charge in [0.25, 0.3) is 0 Å². The molecule has 0 fully saturated rings. The molecule has 0 heterocycles. The summed E-state index contributed by atoms with van der Waals surface area (Å²) in [6.07, 6.45) is 0. The van der Waals surface area contributed by atoms with Crippen molar-refractivity contribution in [2.24, 2.45) is 0 Å². The Balaban J connectivity index is -0.000000422. The molecular formula is C12H13Cl3Ti. The first-order chi connectivity index (χ1) is 5.77. The van der Waals surface area contributed by atoms with Crippen molar-refractivity contribution >= 4 is 10.8 Å². The van der Waals surface area contributed by atoms with Gasteiger partial charge in [-0.2, -0.15) is 6.07 Å². The normalized spacial score (nSPS) is 8.44. The fraction of sp³-hybridized carbons (Fsp3) is 0.250. The molecule has 0 N–H and O–H groups in total. The predicted molar refractivity (Wildman–Crippen MR) is 53.6 cm³/mol. The quantitative estimate of drug-likeness (QED) is 0.365. The molecule has 0 amide bonds. The van der Waals surface area contributed by atoms with Crippen molar-refractivity contribution in [1.82, 2.24) is 0 Å². The first-order valence-corrected chi connectivity index (χ1v) is 4.43. The smallest absolute Gasteiger partial charge is 1.00 e. The third-order valence-electron chi connectivity index (χ3n) is 2.31. The summed E-state index contributed by atoms with van der Waals surface area (Å²) in [7, 11) is 0. The number of hydrogen-bond donors (Lipinski definition) is 0. The Kier molecular flexibility index (Phi) is 12.8. The molecule has 0 aromatic heterocycles. The number of benzene rings is 1. The zero-order chi connectivity index (χ0) is 8.55. The molecule has 2 aromatic rings. The van der Waals surface area contributed by atoms with E-state index < -0.39 is 0 Å². The first-order valence-electron chi connectivity index (χ1n) is 4.43. The van der Waals surface area contributed by atoms with Crippen molar-refractivity contribution in [1.29, 1.82) is 0 Å². The van der Waals surface area contributed by atoms with Gasteiger partial charge in [0.2, 0.25) is 0 Å². The molecule has 0 unspecified atom stereocenters. The number of hydrogen-bond acceptors (Lipinski definition) is 0. The Bertz CT molecular complexity index is 363.